The standard InChI is InChI=1S/C17H16N2O2S/c1-11(2)12-5-7-13(8-6-12)19-16(20)15(18-17(19)22)10-14-4-3-9-21-14/h3-11H,1-2H3,(H,18,22)/b15-10+. The normalized spacial score (nSPS) is 16.7. The number of amides is 1. The van der Waals surface area contributed by atoms with Gasteiger partial charge in [-0.25, -0.2) is 0 Å². The number of furan rings is 1. The minimum atomic E-state index is -0.182. The summed E-state index contributed by atoms with van der Waals surface area (Å²) < 4.78 is 5.23. The van der Waals surface area contributed by atoms with E-state index in [9.17, 15) is 4.79 Å². The van der Waals surface area contributed by atoms with Gasteiger partial charge in [0.2, 0.25) is 0 Å². The van der Waals surface area contributed by atoms with Crippen LogP contribution in [0.2, 0.25) is 0 Å². The van der Waals surface area contributed by atoms with Crippen LogP contribution in [0, 0.1) is 0 Å². The second-order valence-corrected chi connectivity index (χ2v) is 5.78. The van der Waals surface area contributed by atoms with Gasteiger partial charge in [0.25, 0.3) is 5.91 Å². The van der Waals surface area contributed by atoms with Gasteiger partial charge in [-0.1, -0.05) is 26.0 Å². The summed E-state index contributed by atoms with van der Waals surface area (Å²) in [6, 6.07) is 11.4. The van der Waals surface area contributed by atoms with Gasteiger partial charge in [-0.2, -0.15) is 0 Å². The van der Waals surface area contributed by atoms with Gasteiger partial charge in [0, 0.05) is 6.08 Å². The highest BCUT2D eigenvalue weighted by molar-refractivity contribution is 7.80. The molecule has 1 saturated heterocycles. The highest BCUT2D eigenvalue weighted by Crippen LogP contribution is 2.24. The number of nitrogens with one attached hydrogen (secondary N) is 1. The van der Waals surface area contributed by atoms with E-state index in [1.807, 2.05) is 24.3 Å². The molecule has 112 valence electrons. The summed E-state index contributed by atoms with van der Waals surface area (Å²) in [5.74, 6) is 0.872. The summed E-state index contributed by atoms with van der Waals surface area (Å²) in [4.78, 5) is 14.0. The predicted octanol–water partition coefficient (Wildman–Crippen LogP) is 3.67. The molecule has 1 fully saturated rings. The molecule has 0 radical (unpaired) electrons. The largest absolute Gasteiger partial charge is 0.465 e. The molecule has 1 aromatic heterocycles. The number of hydrogen-bond acceptors (Lipinski definition) is 3. The summed E-state index contributed by atoms with van der Waals surface area (Å²) in [5.41, 5.74) is 2.39. The summed E-state index contributed by atoms with van der Waals surface area (Å²) >= 11 is 5.28. The van der Waals surface area contributed by atoms with Gasteiger partial charge in [-0.3, -0.25) is 9.69 Å². The molecule has 4 nitrogen and oxygen atoms in total. The van der Waals surface area contributed by atoms with Crippen molar-refractivity contribution in [3.63, 3.8) is 0 Å². The molecule has 2 aromatic rings. The lowest BCUT2D eigenvalue weighted by molar-refractivity contribution is -0.113. The first-order valence-corrected chi connectivity index (χ1v) is 7.47. The van der Waals surface area contributed by atoms with E-state index in [1.165, 1.54) is 10.5 Å². The molecule has 1 N–H and O–H groups in total. The van der Waals surface area contributed by atoms with E-state index in [1.54, 1.807) is 24.5 Å². The Hall–Kier alpha value is -2.40. The number of thiocarbonyl (C=S) groups is 1. The molecular weight excluding hydrogens is 296 g/mol. The molecule has 3 rings (SSSR count). The van der Waals surface area contributed by atoms with Gasteiger partial charge >= 0.3 is 0 Å². The highest BCUT2D eigenvalue weighted by Gasteiger charge is 2.32. The molecule has 0 bridgehead atoms. The second kappa shape index (κ2) is 5.77. The zero-order valence-corrected chi connectivity index (χ0v) is 13.2. The fraction of sp³-hybridized carbons (Fsp3) is 0.176. The lowest BCUT2D eigenvalue weighted by Crippen LogP contribution is -2.30. The predicted molar refractivity (Wildman–Crippen MR) is 90.4 cm³/mol. The van der Waals surface area contributed by atoms with Crippen LogP contribution in [0.4, 0.5) is 5.69 Å². The Kier molecular flexibility index (Phi) is 3.81. The van der Waals surface area contributed by atoms with Crippen LogP contribution in [0.25, 0.3) is 6.08 Å². The number of anilines is 1. The molecule has 0 spiro atoms. The van der Waals surface area contributed by atoms with Crippen molar-refractivity contribution in [1.82, 2.24) is 5.32 Å². The van der Waals surface area contributed by atoms with E-state index >= 15 is 0 Å². The quantitative estimate of drug-likeness (QED) is 0.694. The van der Waals surface area contributed by atoms with E-state index in [0.29, 0.717) is 22.5 Å². The third kappa shape index (κ3) is 2.67. The summed E-state index contributed by atoms with van der Waals surface area (Å²) in [6.07, 6.45) is 3.21. The fourth-order valence-corrected chi connectivity index (χ4v) is 2.59. The van der Waals surface area contributed by atoms with Crippen molar-refractivity contribution in [2.24, 2.45) is 0 Å². The molecular formula is C17H16N2O2S. The Balaban J connectivity index is 1.88. The number of carbonyl (C=O) groups excluding carboxylic acids is 1. The molecule has 1 amide bonds. The summed E-state index contributed by atoms with van der Waals surface area (Å²) in [7, 11) is 0. The molecule has 0 unspecified atom stereocenters. The average molecular weight is 312 g/mol. The molecule has 1 aromatic carbocycles. The Morgan fingerprint density at radius 1 is 1.23 bits per heavy atom. The van der Waals surface area contributed by atoms with Crippen LogP contribution >= 0.6 is 12.2 Å². The summed E-state index contributed by atoms with van der Waals surface area (Å²) in [5, 5.41) is 3.31. The van der Waals surface area contributed by atoms with E-state index in [2.05, 4.69) is 19.2 Å². The van der Waals surface area contributed by atoms with Gasteiger partial charge in [-0.15, -0.1) is 0 Å². The van der Waals surface area contributed by atoms with E-state index in [-0.39, 0.29) is 5.91 Å². The third-order valence-corrected chi connectivity index (χ3v) is 3.81. The molecule has 0 aliphatic carbocycles. The van der Waals surface area contributed by atoms with Crippen molar-refractivity contribution in [3.8, 4) is 0 Å². The lowest BCUT2D eigenvalue weighted by Gasteiger charge is -2.15. The average Bonchev–Trinajstić information content (AvgIpc) is 3.09. The van der Waals surface area contributed by atoms with Crippen LogP contribution in [-0.4, -0.2) is 11.0 Å². The maximum absolute atomic E-state index is 12.5. The van der Waals surface area contributed by atoms with Crippen LogP contribution in [-0.2, 0) is 4.79 Å². The Bertz CT molecular complexity index is 731. The van der Waals surface area contributed by atoms with E-state index in [4.69, 9.17) is 16.6 Å². The first-order chi connectivity index (χ1) is 10.6. The highest BCUT2D eigenvalue weighted by atomic mass is 32.1. The minimum absolute atomic E-state index is 0.182. The van der Waals surface area contributed by atoms with Crippen molar-refractivity contribution in [2.75, 3.05) is 4.90 Å². The van der Waals surface area contributed by atoms with Crippen LogP contribution < -0.4 is 10.2 Å². The topological polar surface area (TPSA) is 45.5 Å². The molecule has 2 heterocycles. The van der Waals surface area contributed by atoms with E-state index < -0.39 is 0 Å². The first kappa shape index (κ1) is 14.5. The molecule has 22 heavy (non-hydrogen) atoms. The Morgan fingerprint density at radius 3 is 2.55 bits per heavy atom. The van der Waals surface area contributed by atoms with Gasteiger partial charge < -0.3 is 9.73 Å². The van der Waals surface area contributed by atoms with Crippen molar-refractivity contribution >= 4 is 35.0 Å². The Morgan fingerprint density at radius 2 is 1.95 bits per heavy atom. The van der Waals surface area contributed by atoms with Crippen molar-refractivity contribution in [3.05, 3.63) is 59.7 Å². The second-order valence-electron chi connectivity index (χ2n) is 5.39. The van der Waals surface area contributed by atoms with Crippen molar-refractivity contribution in [2.45, 2.75) is 19.8 Å². The lowest BCUT2D eigenvalue weighted by atomic mass is 10.0. The number of nitrogens with zero attached hydrogens (tertiary/aromatic N) is 1. The van der Waals surface area contributed by atoms with Gasteiger partial charge in [-0.05, 0) is 48.0 Å². The number of benzene rings is 1. The van der Waals surface area contributed by atoms with Gasteiger partial charge in [0.1, 0.15) is 11.5 Å². The third-order valence-electron chi connectivity index (χ3n) is 3.53. The van der Waals surface area contributed by atoms with Gasteiger partial charge in [0.15, 0.2) is 5.11 Å². The number of carbonyl (C=O) groups is 1. The zero-order valence-electron chi connectivity index (χ0n) is 12.4. The van der Waals surface area contributed by atoms with Crippen LogP contribution in [0.15, 0.2) is 52.8 Å². The minimum Gasteiger partial charge on any atom is -0.465 e. The maximum Gasteiger partial charge on any atom is 0.281 e. The smallest absolute Gasteiger partial charge is 0.281 e. The van der Waals surface area contributed by atoms with Crippen molar-refractivity contribution < 1.29 is 9.21 Å². The van der Waals surface area contributed by atoms with Crippen LogP contribution in [0.5, 0.6) is 0 Å². The van der Waals surface area contributed by atoms with E-state index in [0.717, 1.165) is 5.69 Å². The molecule has 0 saturated carbocycles. The van der Waals surface area contributed by atoms with Gasteiger partial charge in [0.05, 0.1) is 12.0 Å². The fourth-order valence-electron chi connectivity index (χ4n) is 2.29. The van der Waals surface area contributed by atoms with Crippen LogP contribution in [0.3, 0.4) is 0 Å². The zero-order chi connectivity index (χ0) is 15.7. The molecule has 1 aliphatic heterocycles. The summed E-state index contributed by atoms with van der Waals surface area (Å²) in [6.45, 7) is 4.26. The molecule has 0 atom stereocenters. The van der Waals surface area contributed by atoms with Crippen molar-refractivity contribution in [1.29, 1.82) is 0 Å². The number of hydrogen-bond donors (Lipinski definition) is 1. The Labute approximate surface area is 134 Å². The molecule has 1 aliphatic rings. The monoisotopic (exact) mass is 312 g/mol. The maximum atomic E-state index is 12.5. The first-order valence-electron chi connectivity index (χ1n) is 7.07. The number of rotatable bonds is 3. The SMILES string of the molecule is CC(C)c1ccc(N2C(=O)/C(=C\c3ccco3)NC2=S)cc1. The molecule has 5 heteroatoms. The van der Waals surface area contributed by atoms with Crippen LogP contribution in [0.1, 0.15) is 31.1 Å².